The van der Waals surface area contributed by atoms with Crippen LogP contribution in [0.3, 0.4) is 0 Å². The molecule has 0 spiro atoms. The summed E-state index contributed by atoms with van der Waals surface area (Å²) in [5.74, 6) is -0.854. The lowest BCUT2D eigenvalue weighted by Crippen LogP contribution is -2.03. The molecule has 4 aromatic carbocycles. The van der Waals surface area contributed by atoms with Crippen molar-refractivity contribution >= 4 is 44.1 Å². The second kappa shape index (κ2) is 5.60. The number of rotatable bonds is 5. The lowest BCUT2D eigenvalue weighted by Gasteiger charge is -2.13. The maximum Gasteiger partial charge on any atom is 0.303 e. The van der Waals surface area contributed by atoms with Crippen LogP contribution in [0.15, 0.2) is 54.6 Å². The van der Waals surface area contributed by atoms with E-state index in [0.29, 0.717) is 12.0 Å². The van der Waals surface area contributed by atoms with Crippen LogP contribution in [-0.2, 0) is 4.79 Å². The quantitative estimate of drug-likeness (QED) is 0.415. The molecule has 0 aromatic heterocycles. The number of carbonyl (C=O) groups is 2. The molecule has 0 saturated carbocycles. The van der Waals surface area contributed by atoms with Crippen LogP contribution >= 0.6 is 0 Å². The van der Waals surface area contributed by atoms with Gasteiger partial charge in [-0.05, 0) is 38.7 Å². The molecule has 0 aliphatic carbocycles. The van der Waals surface area contributed by atoms with Gasteiger partial charge in [-0.2, -0.15) is 0 Å². The van der Waals surface area contributed by atoms with E-state index >= 15 is 0 Å². The van der Waals surface area contributed by atoms with Gasteiger partial charge in [-0.1, -0.05) is 54.6 Å². The second-order valence-electron chi connectivity index (χ2n) is 6.14. The minimum atomic E-state index is -0.863. The van der Waals surface area contributed by atoms with E-state index in [4.69, 9.17) is 5.11 Å². The lowest BCUT2D eigenvalue weighted by atomic mass is 9.90. The van der Waals surface area contributed by atoms with Gasteiger partial charge in [-0.25, -0.2) is 0 Å². The first-order valence-corrected chi connectivity index (χ1v) is 8.07. The number of hydrogen-bond donors (Lipinski definition) is 1. The van der Waals surface area contributed by atoms with Crippen LogP contribution in [0.25, 0.3) is 32.3 Å². The number of carboxylic acids is 1. The van der Waals surface area contributed by atoms with E-state index in [9.17, 15) is 9.59 Å². The van der Waals surface area contributed by atoms with Gasteiger partial charge in [0.2, 0.25) is 0 Å². The summed E-state index contributed by atoms with van der Waals surface area (Å²) >= 11 is 0. The summed E-state index contributed by atoms with van der Waals surface area (Å²) in [5.41, 5.74) is 0.686. The fourth-order valence-electron chi connectivity index (χ4n) is 3.51. The molecule has 0 fully saturated rings. The molecule has 0 unspecified atom stereocenters. The minimum Gasteiger partial charge on any atom is -0.481 e. The fourth-order valence-corrected chi connectivity index (χ4v) is 3.51. The van der Waals surface area contributed by atoms with E-state index in [-0.39, 0.29) is 18.6 Å². The molecule has 3 nitrogen and oxygen atoms in total. The first-order valence-electron chi connectivity index (χ1n) is 8.07. The minimum absolute atomic E-state index is 0.00850. The summed E-state index contributed by atoms with van der Waals surface area (Å²) in [4.78, 5) is 23.2. The Bertz CT molecular complexity index is 1060. The van der Waals surface area contributed by atoms with Crippen LogP contribution in [0, 0.1) is 0 Å². The number of carboxylic acid groups (broad SMARTS) is 1. The summed E-state index contributed by atoms with van der Waals surface area (Å²) in [6.45, 7) is 0. The Morgan fingerprint density at radius 2 is 1.38 bits per heavy atom. The monoisotopic (exact) mass is 316 g/mol. The van der Waals surface area contributed by atoms with Crippen molar-refractivity contribution in [3.63, 3.8) is 0 Å². The maximum atomic E-state index is 12.6. The van der Waals surface area contributed by atoms with E-state index < -0.39 is 5.97 Å². The Labute approximate surface area is 138 Å². The highest BCUT2D eigenvalue weighted by atomic mass is 16.4. The molecule has 3 heteroatoms. The molecule has 0 atom stereocenters. The van der Waals surface area contributed by atoms with Gasteiger partial charge in [0.1, 0.15) is 0 Å². The summed E-state index contributed by atoms with van der Waals surface area (Å²) in [6, 6.07) is 18.3. The average Bonchev–Trinajstić information content (AvgIpc) is 2.59. The van der Waals surface area contributed by atoms with Crippen molar-refractivity contribution < 1.29 is 14.7 Å². The van der Waals surface area contributed by atoms with E-state index in [1.165, 1.54) is 16.2 Å². The number of aliphatic carboxylic acids is 1. The standard InChI is InChI=1S/C21H16O3/c22-18(5-2-6-19(23)24)16-11-9-15-8-7-13-3-1-4-14-10-12-17(16)21(15)20(13)14/h1,3-4,7-12H,2,5-6H2,(H,23,24). The molecule has 0 heterocycles. The smallest absolute Gasteiger partial charge is 0.303 e. The normalized spacial score (nSPS) is 11.5. The van der Waals surface area contributed by atoms with Gasteiger partial charge in [0.25, 0.3) is 0 Å². The number of hydrogen-bond acceptors (Lipinski definition) is 2. The molecule has 4 rings (SSSR count). The zero-order chi connectivity index (χ0) is 16.7. The summed E-state index contributed by atoms with van der Waals surface area (Å²) in [6.07, 6.45) is 0.657. The van der Waals surface area contributed by atoms with E-state index in [1.807, 2.05) is 24.3 Å². The van der Waals surface area contributed by atoms with Crippen LogP contribution < -0.4 is 0 Å². The molecule has 0 saturated heterocycles. The van der Waals surface area contributed by atoms with E-state index in [1.54, 1.807) is 0 Å². The number of benzene rings is 4. The van der Waals surface area contributed by atoms with Crippen molar-refractivity contribution in [2.75, 3.05) is 0 Å². The van der Waals surface area contributed by atoms with Gasteiger partial charge >= 0.3 is 5.97 Å². The van der Waals surface area contributed by atoms with Crippen LogP contribution in [0.1, 0.15) is 29.6 Å². The van der Waals surface area contributed by atoms with Crippen molar-refractivity contribution in [2.24, 2.45) is 0 Å². The SMILES string of the molecule is O=C(O)CCCC(=O)c1ccc2ccc3cccc4ccc1c2c34. The van der Waals surface area contributed by atoms with Crippen molar-refractivity contribution in [3.8, 4) is 0 Å². The van der Waals surface area contributed by atoms with Crippen LogP contribution in [0.2, 0.25) is 0 Å². The van der Waals surface area contributed by atoms with Crippen molar-refractivity contribution in [2.45, 2.75) is 19.3 Å². The van der Waals surface area contributed by atoms with Crippen LogP contribution in [0.5, 0.6) is 0 Å². The average molecular weight is 316 g/mol. The highest BCUT2D eigenvalue weighted by molar-refractivity contribution is 6.26. The largest absolute Gasteiger partial charge is 0.481 e. The Morgan fingerprint density at radius 1 is 0.750 bits per heavy atom. The Morgan fingerprint density at radius 3 is 2.08 bits per heavy atom. The zero-order valence-electron chi connectivity index (χ0n) is 13.1. The summed E-state index contributed by atoms with van der Waals surface area (Å²) in [7, 11) is 0. The Balaban J connectivity index is 1.88. The molecule has 4 aromatic rings. The molecule has 118 valence electrons. The lowest BCUT2D eigenvalue weighted by molar-refractivity contribution is -0.137. The van der Waals surface area contributed by atoms with Crippen molar-refractivity contribution in [1.82, 2.24) is 0 Å². The number of Topliss-reactive ketones (excluding diaryl/α,β-unsaturated/α-hetero) is 1. The first kappa shape index (κ1) is 14.6. The third-order valence-electron chi connectivity index (χ3n) is 4.62. The van der Waals surface area contributed by atoms with E-state index in [0.717, 1.165) is 16.2 Å². The molecule has 0 aliphatic heterocycles. The van der Waals surface area contributed by atoms with Crippen LogP contribution in [-0.4, -0.2) is 16.9 Å². The topological polar surface area (TPSA) is 54.4 Å². The molecule has 24 heavy (non-hydrogen) atoms. The summed E-state index contributed by atoms with van der Waals surface area (Å²) < 4.78 is 0. The predicted molar refractivity (Wildman–Crippen MR) is 96.0 cm³/mol. The first-order chi connectivity index (χ1) is 11.6. The fraction of sp³-hybridized carbons (Fsp3) is 0.143. The molecule has 0 amide bonds. The predicted octanol–water partition coefficient (Wildman–Crippen LogP) is 5.02. The summed E-state index contributed by atoms with van der Waals surface area (Å²) in [5, 5.41) is 15.5. The third kappa shape index (κ3) is 2.29. The number of carbonyl (C=O) groups excluding carboxylic acids is 1. The van der Waals surface area contributed by atoms with Gasteiger partial charge in [0, 0.05) is 18.4 Å². The molecule has 1 N–H and O–H groups in total. The second-order valence-corrected chi connectivity index (χ2v) is 6.14. The molecule has 0 radical (unpaired) electrons. The van der Waals surface area contributed by atoms with Gasteiger partial charge in [-0.3, -0.25) is 9.59 Å². The van der Waals surface area contributed by atoms with Gasteiger partial charge in [0.05, 0.1) is 0 Å². The molecule has 0 bridgehead atoms. The van der Waals surface area contributed by atoms with E-state index in [2.05, 4.69) is 30.3 Å². The Kier molecular flexibility index (Phi) is 3.42. The van der Waals surface area contributed by atoms with Crippen LogP contribution in [0.4, 0.5) is 0 Å². The third-order valence-corrected chi connectivity index (χ3v) is 4.62. The molecule has 0 aliphatic rings. The van der Waals surface area contributed by atoms with Crippen molar-refractivity contribution in [3.05, 3.63) is 60.2 Å². The van der Waals surface area contributed by atoms with Gasteiger partial charge < -0.3 is 5.11 Å². The highest BCUT2D eigenvalue weighted by Crippen LogP contribution is 2.36. The van der Waals surface area contributed by atoms with Gasteiger partial charge in [-0.15, -0.1) is 0 Å². The molecular weight excluding hydrogens is 300 g/mol. The maximum absolute atomic E-state index is 12.6. The Hall–Kier alpha value is -2.94. The van der Waals surface area contributed by atoms with Gasteiger partial charge in [0.15, 0.2) is 5.78 Å². The zero-order valence-corrected chi connectivity index (χ0v) is 13.1. The van der Waals surface area contributed by atoms with Crippen molar-refractivity contribution in [1.29, 1.82) is 0 Å². The molecular formula is C21H16O3. The number of ketones is 1. The highest BCUT2D eigenvalue weighted by Gasteiger charge is 2.15.